The quantitative estimate of drug-likeness (QED) is 0.879. The lowest BCUT2D eigenvalue weighted by atomic mass is 10.1. The van der Waals surface area contributed by atoms with E-state index in [1.807, 2.05) is 12.1 Å². The first-order chi connectivity index (χ1) is 8.18. The third-order valence-corrected chi connectivity index (χ3v) is 3.72. The van der Waals surface area contributed by atoms with E-state index in [9.17, 15) is 5.11 Å². The molecule has 0 amide bonds. The molecule has 2 N–H and O–H groups in total. The monoisotopic (exact) mass is 267 g/mol. The van der Waals surface area contributed by atoms with Crippen molar-refractivity contribution < 1.29 is 5.11 Å². The van der Waals surface area contributed by atoms with E-state index in [-0.39, 0.29) is 11.8 Å². The molecule has 1 aromatic carbocycles. The fraction of sp³-hybridized carbons (Fsp3) is 0.231. The molecule has 1 atom stereocenters. The normalized spacial score (nSPS) is 12.6. The number of phenolic OH excluding ortho intramolecular Hbond substituents is 1. The Hall–Kier alpha value is -1.03. The third-order valence-electron chi connectivity index (χ3n) is 2.71. The van der Waals surface area contributed by atoms with Gasteiger partial charge in [0.25, 0.3) is 0 Å². The van der Waals surface area contributed by atoms with Crippen LogP contribution >= 0.6 is 22.9 Å². The van der Waals surface area contributed by atoms with E-state index in [0.29, 0.717) is 11.6 Å². The number of aromatic hydroxyl groups is 1. The van der Waals surface area contributed by atoms with Crippen molar-refractivity contribution in [3.63, 3.8) is 0 Å². The molecule has 1 heterocycles. The van der Waals surface area contributed by atoms with Gasteiger partial charge in [0, 0.05) is 18.2 Å². The zero-order chi connectivity index (χ0) is 12.3. The molecule has 2 aromatic rings. The van der Waals surface area contributed by atoms with Gasteiger partial charge in [-0.2, -0.15) is 11.3 Å². The summed E-state index contributed by atoms with van der Waals surface area (Å²) in [7, 11) is 0. The Bertz CT molecular complexity index is 484. The van der Waals surface area contributed by atoms with Gasteiger partial charge < -0.3 is 10.4 Å². The van der Waals surface area contributed by atoms with Crippen LogP contribution in [-0.4, -0.2) is 5.11 Å². The first-order valence-corrected chi connectivity index (χ1v) is 6.72. The van der Waals surface area contributed by atoms with E-state index in [1.165, 1.54) is 5.56 Å². The van der Waals surface area contributed by atoms with Crippen LogP contribution in [0.2, 0.25) is 5.02 Å². The molecule has 2 nitrogen and oxygen atoms in total. The van der Waals surface area contributed by atoms with Gasteiger partial charge in [0.15, 0.2) is 0 Å². The standard InChI is InChI=1S/C13H14ClNOS/c1-9(11-5-6-17-8-11)15-7-10-3-2-4-12(14)13(10)16/h2-6,8-9,15-16H,7H2,1H3. The Morgan fingerprint density at radius 2 is 2.24 bits per heavy atom. The molecule has 90 valence electrons. The number of nitrogens with one attached hydrogen (secondary N) is 1. The fourth-order valence-corrected chi connectivity index (χ4v) is 2.55. The van der Waals surface area contributed by atoms with Crippen LogP contribution in [0.3, 0.4) is 0 Å². The summed E-state index contributed by atoms with van der Waals surface area (Å²) < 4.78 is 0. The van der Waals surface area contributed by atoms with Crippen molar-refractivity contribution in [2.45, 2.75) is 19.5 Å². The minimum Gasteiger partial charge on any atom is -0.506 e. The largest absolute Gasteiger partial charge is 0.506 e. The minimum absolute atomic E-state index is 0.166. The van der Waals surface area contributed by atoms with Gasteiger partial charge in [-0.3, -0.25) is 0 Å². The molecule has 1 aromatic heterocycles. The lowest BCUT2D eigenvalue weighted by molar-refractivity contribution is 0.460. The first-order valence-electron chi connectivity index (χ1n) is 5.40. The molecule has 4 heteroatoms. The Labute approximate surface area is 110 Å². The van der Waals surface area contributed by atoms with E-state index in [0.717, 1.165) is 5.56 Å². The van der Waals surface area contributed by atoms with Crippen LogP contribution in [-0.2, 0) is 6.54 Å². The molecule has 2 rings (SSSR count). The second-order valence-corrected chi connectivity index (χ2v) is 5.09. The summed E-state index contributed by atoms with van der Waals surface area (Å²) in [6, 6.07) is 7.76. The Kier molecular flexibility index (Phi) is 4.05. The summed E-state index contributed by atoms with van der Waals surface area (Å²) in [6.45, 7) is 2.70. The zero-order valence-electron chi connectivity index (χ0n) is 9.48. The van der Waals surface area contributed by atoms with Crippen LogP contribution in [0.4, 0.5) is 0 Å². The van der Waals surface area contributed by atoms with Crippen molar-refractivity contribution in [2.75, 3.05) is 0 Å². The van der Waals surface area contributed by atoms with Crippen LogP contribution in [0.25, 0.3) is 0 Å². The van der Waals surface area contributed by atoms with Crippen molar-refractivity contribution in [3.8, 4) is 5.75 Å². The second-order valence-electron chi connectivity index (χ2n) is 3.91. The number of hydrogen-bond acceptors (Lipinski definition) is 3. The van der Waals surface area contributed by atoms with Crippen LogP contribution in [0.1, 0.15) is 24.1 Å². The number of benzene rings is 1. The van der Waals surface area contributed by atoms with Crippen molar-refractivity contribution >= 4 is 22.9 Å². The first kappa shape index (κ1) is 12.4. The predicted molar refractivity (Wildman–Crippen MR) is 72.7 cm³/mol. The lowest BCUT2D eigenvalue weighted by Crippen LogP contribution is -2.17. The number of para-hydroxylation sites is 1. The van der Waals surface area contributed by atoms with Crippen molar-refractivity contribution in [1.82, 2.24) is 5.32 Å². The van der Waals surface area contributed by atoms with Gasteiger partial charge in [-0.05, 0) is 35.4 Å². The Morgan fingerprint density at radius 1 is 1.41 bits per heavy atom. The van der Waals surface area contributed by atoms with E-state index >= 15 is 0 Å². The summed E-state index contributed by atoms with van der Waals surface area (Å²) in [5, 5.41) is 17.7. The molecular formula is C13H14ClNOS. The van der Waals surface area contributed by atoms with Gasteiger partial charge in [-0.15, -0.1) is 0 Å². The van der Waals surface area contributed by atoms with E-state index < -0.39 is 0 Å². The number of rotatable bonds is 4. The van der Waals surface area contributed by atoms with Crippen LogP contribution < -0.4 is 5.32 Å². The molecule has 0 spiro atoms. The zero-order valence-corrected chi connectivity index (χ0v) is 11.1. The number of phenols is 1. The average molecular weight is 268 g/mol. The van der Waals surface area contributed by atoms with Gasteiger partial charge in [-0.25, -0.2) is 0 Å². The highest BCUT2D eigenvalue weighted by atomic mass is 35.5. The van der Waals surface area contributed by atoms with Crippen molar-refractivity contribution in [3.05, 3.63) is 51.2 Å². The molecular weight excluding hydrogens is 254 g/mol. The predicted octanol–water partition coefficient (Wildman–Crippen LogP) is 3.96. The third kappa shape index (κ3) is 3.00. The van der Waals surface area contributed by atoms with Gasteiger partial charge in [-0.1, -0.05) is 23.7 Å². The molecule has 0 aliphatic heterocycles. The molecule has 0 saturated heterocycles. The molecule has 0 radical (unpaired) electrons. The molecule has 0 aliphatic rings. The molecule has 0 fully saturated rings. The highest BCUT2D eigenvalue weighted by Gasteiger charge is 2.08. The van der Waals surface area contributed by atoms with E-state index in [4.69, 9.17) is 11.6 Å². The Morgan fingerprint density at radius 3 is 2.94 bits per heavy atom. The summed E-state index contributed by atoms with van der Waals surface area (Å²) >= 11 is 7.54. The molecule has 0 saturated carbocycles. The molecule has 17 heavy (non-hydrogen) atoms. The number of hydrogen-bond donors (Lipinski definition) is 2. The maximum Gasteiger partial charge on any atom is 0.138 e. The van der Waals surface area contributed by atoms with E-state index in [1.54, 1.807) is 17.4 Å². The molecule has 0 aliphatic carbocycles. The molecule has 1 unspecified atom stereocenters. The topological polar surface area (TPSA) is 32.3 Å². The van der Waals surface area contributed by atoms with E-state index in [2.05, 4.69) is 29.1 Å². The van der Waals surface area contributed by atoms with Crippen LogP contribution in [0, 0.1) is 0 Å². The van der Waals surface area contributed by atoms with Gasteiger partial charge >= 0.3 is 0 Å². The Balaban J connectivity index is 2.00. The summed E-state index contributed by atoms with van der Waals surface area (Å²) in [4.78, 5) is 0. The SMILES string of the molecule is CC(NCc1cccc(Cl)c1O)c1ccsc1. The van der Waals surface area contributed by atoms with Crippen LogP contribution in [0.5, 0.6) is 5.75 Å². The van der Waals surface area contributed by atoms with Gasteiger partial charge in [0.1, 0.15) is 5.75 Å². The lowest BCUT2D eigenvalue weighted by Gasteiger charge is -2.13. The smallest absolute Gasteiger partial charge is 0.138 e. The summed E-state index contributed by atoms with van der Waals surface area (Å²) in [6.07, 6.45) is 0. The maximum absolute atomic E-state index is 9.77. The summed E-state index contributed by atoms with van der Waals surface area (Å²) in [5.41, 5.74) is 2.08. The van der Waals surface area contributed by atoms with Gasteiger partial charge in [0.05, 0.1) is 5.02 Å². The summed E-state index contributed by atoms with van der Waals surface area (Å²) in [5.74, 6) is 0.166. The fourth-order valence-electron chi connectivity index (χ4n) is 1.60. The molecule has 0 bridgehead atoms. The van der Waals surface area contributed by atoms with Crippen LogP contribution in [0.15, 0.2) is 35.0 Å². The number of thiophene rings is 1. The van der Waals surface area contributed by atoms with Crippen molar-refractivity contribution in [2.24, 2.45) is 0 Å². The average Bonchev–Trinajstić information content (AvgIpc) is 2.84. The highest BCUT2D eigenvalue weighted by molar-refractivity contribution is 7.07. The maximum atomic E-state index is 9.77. The number of halogens is 1. The highest BCUT2D eigenvalue weighted by Crippen LogP contribution is 2.27. The second kappa shape index (κ2) is 5.54. The van der Waals surface area contributed by atoms with Crippen molar-refractivity contribution in [1.29, 1.82) is 0 Å². The minimum atomic E-state index is 0.166. The van der Waals surface area contributed by atoms with Gasteiger partial charge in [0.2, 0.25) is 0 Å².